The van der Waals surface area contributed by atoms with Crippen molar-refractivity contribution in [2.45, 2.75) is 13.8 Å². The van der Waals surface area contributed by atoms with Crippen LogP contribution in [0.4, 0.5) is 20.3 Å². The average Bonchev–Trinajstić information content (AvgIpc) is 3.34. The zero-order valence-corrected chi connectivity index (χ0v) is 18.3. The molecule has 0 unspecified atom stereocenters. The van der Waals surface area contributed by atoms with Crippen molar-refractivity contribution >= 4 is 66.7 Å². The molecule has 2 heterocycles. The van der Waals surface area contributed by atoms with E-state index in [2.05, 4.69) is 15.3 Å². The Morgan fingerprint density at radius 2 is 1.97 bits per heavy atom. The largest absolute Gasteiger partial charge is 0.298 e. The number of halogens is 1. The molecule has 9 heteroatoms. The molecule has 0 saturated heterocycles. The molecular formula is C22H17FN4O2S2. The van der Waals surface area contributed by atoms with Gasteiger partial charge in [0.05, 0.1) is 21.6 Å². The van der Waals surface area contributed by atoms with Crippen LogP contribution in [0.1, 0.15) is 18.2 Å². The van der Waals surface area contributed by atoms with Gasteiger partial charge in [0, 0.05) is 18.4 Å². The van der Waals surface area contributed by atoms with Gasteiger partial charge in [-0.15, -0.1) is 11.3 Å². The Balaban J connectivity index is 1.48. The number of nitrogens with one attached hydrogen (secondary N) is 1. The fourth-order valence-electron chi connectivity index (χ4n) is 2.89. The first-order chi connectivity index (χ1) is 14.9. The van der Waals surface area contributed by atoms with Crippen molar-refractivity contribution < 1.29 is 14.0 Å². The predicted octanol–water partition coefficient (Wildman–Crippen LogP) is 5.54. The molecule has 0 saturated carbocycles. The minimum absolute atomic E-state index is 0.128. The maximum atomic E-state index is 14.2. The number of para-hydroxylation sites is 1. The number of carbonyl (C=O) groups is 2. The number of carbonyl (C=O) groups excluding carboxylic acids is 2. The van der Waals surface area contributed by atoms with E-state index in [0.29, 0.717) is 16.0 Å². The van der Waals surface area contributed by atoms with Gasteiger partial charge in [0.1, 0.15) is 5.82 Å². The molecule has 0 bridgehead atoms. The van der Waals surface area contributed by atoms with E-state index < -0.39 is 5.82 Å². The summed E-state index contributed by atoms with van der Waals surface area (Å²) in [6.07, 6.45) is 2.88. The van der Waals surface area contributed by atoms with E-state index in [-0.39, 0.29) is 17.5 Å². The third kappa shape index (κ3) is 4.68. The summed E-state index contributed by atoms with van der Waals surface area (Å²) >= 11 is 2.58. The Bertz CT molecular complexity index is 1310. The van der Waals surface area contributed by atoms with Crippen LogP contribution in [-0.2, 0) is 9.59 Å². The van der Waals surface area contributed by atoms with Crippen LogP contribution in [0.2, 0.25) is 0 Å². The third-order valence-corrected chi connectivity index (χ3v) is 6.07. The van der Waals surface area contributed by atoms with E-state index in [1.807, 2.05) is 25.1 Å². The molecule has 2 aromatic heterocycles. The van der Waals surface area contributed by atoms with Crippen LogP contribution >= 0.6 is 22.7 Å². The average molecular weight is 453 g/mol. The Hall–Kier alpha value is -3.43. The summed E-state index contributed by atoms with van der Waals surface area (Å²) in [5, 5.41) is 5.27. The summed E-state index contributed by atoms with van der Waals surface area (Å²) in [5.74, 6) is -1.22. The van der Waals surface area contributed by atoms with Crippen molar-refractivity contribution in [2.75, 3.05) is 10.2 Å². The number of fused-ring (bicyclic) bond motifs is 1. The van der Waals surface area contributed by atoms with Gasteiger partial charge in [-0.05, 0) is 42.8 Å². The normalized spacial score (nSPS) is 11.2. The topological polar surface area (TPSA) is 75.2 Å². The summed E-state index contributed by atoms with van der Waals surface area (Å²) < 4.78 is 15.2. The van der Waals surface area contributed by atoms with Crippen LogP contribution in [0.15, 0.2) is 53.9 Å². The number of thiazole rings is 2. The van der Waals surface area contributed by atoms with Gasteiger partial charge in [0.2, 0.25) is 11.8 Å². The Kier molecular flexibility index (Phi) is 5.88. The van der Waals surface area contributed by atoms with Crippen LogP contribution in [0, 0.1) is 12.7 Å². The van der Waals surface area contributed by atoms with Crippen LogP contribution in [0.5, 0.6) is 0 Å². The fraction of sp³-hybridized carbons (Fsp3) is 0.0909. The monoisotopic (exact) mass is 452 g/mol. The van der Waals surface area contributed by atoms with Crippen molar-refractivity contribution in [3.05, 3.63) is 71.0 Å². The first-order valence-corrected chi connectivity index (χ1v) is 11.0. The molecular weight excluding hydrogens is 435 g/mol. The molecule has 2 aromatic carbocycles. The van der Waals surface area contributed by atoms with Gasteiger partial charge >= 0.3 is 0 Å². The Morgan fingerprint density at radius 1 is 1.16 bits per heavy atom. The molecule has 2 amide bonds. The minimum Gasteiger partial charge on any atom is -0.298 e. The van der Waals surface area contributed by atoms with Crippen LogP contribution in [0.25, 0.3) is 16.3 Å². The quantitative estimate of drug-likeness (QED) is 0.404. The molecule has 0 spiro atoms. The van der Waals surface area contributed by atoms with E-state index in [1.54, 1.807) is 17.5 Å². The van der Waals surface area contributed by atoms with E-state index in [1.165, 1.54) is 58.8 Å². The maximum absolute atomic E-state index is 14.2. The van der Waals surface area contributed by atoms with E-state index >= 15 is 0 Å². The second kappa shape index (κ2) is 8.75. The highest BCUT2D eigenvalue weighted by atomic mass is 32.1. The lowest BCUT2D eigenvalue weighted by molar-refractivity contribution is -0.116. The molecule has 156 valence electrons. The summed E-state index contributed by atoms with van der Waals surface area (Å²) in [6.45, 7) is 3.35. The highest BCUT2D eigenvalue weighted by Crippen LogP contribution is 2.31. The Labute approximate surface area is 185 Å². The highest BCUT2D eigenvalue weighted by Gasteiger charge is 2.20. The predicted molar refractivity (Wildman–Crippen MR) is 123 cm³/mol. The maximum Gasteiger partial charge on any atom is 0.250 e. The van der Waals surface area contributed by atoms with Gasteiger partial charge in [0.25, 0.3) is 0 Å². The van der Waals surface area contributed by atoms with Gasteiger partial charge in [0.15, 0.2) is 10.3 Å². The molecule has 31 heavy (non-hydrogen) atoms. The van der Waals surface area contributed by atoms with E-state index in [9.17, 15) is 14.0 Å². The molecule has 4 rings (SSSR count). The molecule has 0 aliphatic carbocycles. The number of amides is 2. The van der Waals surface area contributed by atoms with Crippen molar-refractivity contribution in [1.82, 2.24) is 9.97 Å². The molecule has 0 atom stereocenters. The number of aryl methyl sites for hydroxylation is 1. The van der Waals surface area contributed by atoms with Crippen molar-refractivity contribution in [2.24, 2.45) is 0 Å². The fourth-order valence-corrected chi connectivity index (χ4v) is 4.70. The van der Waals surface area contributed by atoms with Gasteiger partial charge in [-0.25, -0.2) is 14.4 Å². The highest BCUT2D eigenvalue weighted by molar-refractivity contribution is 7.22. The van der Waals surface area contributed by atoms with Crippen LogP contribution in [-0.4, -0.2) is 21.8 Å². The first-order valence-electron chi connectivity index (χ1n) is 9.28. The number of aromatic nitrogens is 2. The SMILES string of the molecule is CC(=O)N(c1nc(C=CC(=O)Nc2nc3ccc(C)cc3s2)cs1)c1ccccc1F. The summed E-state index contributed by atoms with van der Waals surface area (Å²) in [4.78, 5) is 34.3. The van der Waals surface area contributed by atoms with Gasteiger partial charge < -0.3 is 0 Å². The smallest absolute Gasteiger partial charge is 0.250 e. The molecule has 0 fully saturated rings. The molecule has 0 radical (unpaired) electrons. The lowest BCUT2D eigenvalue weighted by atomic mass is 10.2. The lowest BCUT2D eigenvalue weighted by Gasteiger charge is -2.18. The first kappa shape index (κ1) is 20.8. The van der Waals surface area contributed by atoms with Crippen molar-refractivity contribution in [1.29, 1.82) is 0 Å². The van der Waals surface area contributed by atoms with Crippen molar-refractivity contribution in [3.63, 3.8) is 0 Å². The molecule has 4 aromatic rings. The second-order valence-corrected chi connectivity index (χ2v) is 8.54. The second-order valence-electron chi connectivity index (χ2n) is 6.67. The number of anilines is 3. The standard InChI is InChI=1S/C22H17FN4O2S2/c1-13-7-9-17-19(11-13)31-21(25-17)26-20(29)10-8-15-12-30-22(24-15)27(14(2)28)18-6-4-3-5-16(18)23/h3-12H,1-2H3,(H,25,26,29). The minimum atomic E-state index is -0.518. The Morgan fingerprint density at radius 3 is 2.74 bits per heavy atom. The number of rotatable bonds is 5. The number of benzene rings is 2. The van der Waals surface area contributed by atoms with E-state index in [0.717, 1.165) is 15.8 Å². The zero-order valence-electron chi connectivity index (χ0n) is 16.6. The van der Waals surface area contributed by atoms with Crippen LogP contribution in [0.3, 0.4) is 0 Å². The van der Waals surface area contributed by atoms with Crippen LogP contribution < -0.4 is 10.2 Å². The molecule has 1 N–H and O–H groups in total. The van der Waals surface area contributed by atoms with Crippen molar-refractivity contribution in [3.8, 4) is 0 Å². The lowest BCUT2D eigenvalue weighted by Crippen LogP contribution is -2.23. The molecule has 6 nitrogen and oxygen atoms in total. The number of nitrogens with zero attached hydrogens (tertiary/aromatic N) is 3. The molecule has 0 aliphatic rings. The zero-order chi connectivity index (χ0) is 22.0. The summed E-state index contributed by atoms with van der Waals surface area (Å²) in [5.41, 5.74) is 2.57. The molecule has 0 aliphatic heterocycles. The summed E-state index contributed by atoms with van der Waals surface area (Å²) in [6, 6.07) is 11.9. The third-order valence-electron chi connectivity index (χ3n) is 4.29. The number of hydrogen-bond acceptors (Lipinski definition) is 6. The number of hydrogen-bond donors (Lipinski definition) is 1. The van der Waals surface area contributed by atoms with Gasteiger partial charge in [-0.3, -0.25) is 19.8 Å². The van der Waals surface area contributed by atoms with E-state index in [4.69, 9.17) is 0 Å². The summed E-state index contributed by atoms with van der Waals surface area (Å²) in [7, 11) is 0. The van der Waals surface area contributed by atoms with Gasteiger partial charge in [-0.1, -0.05) is 29.5 Å². The van der Waals surface area contributed by atoms with Gasteiger partial charge in [-0.2, -0.15) is 0 Å².